The molecule has 0 aromatic heterocycles. The lowest BCUT2D eigenvalue weighted by molar-refractivity contribution is 0.179. The van der Waals surface area contributed by atoms with Gasteiger partial charge in [0.15, 0.2) is 0 Å². The molecule has 2 rings (SSSR count). The maximum Gasteiger partial charge on any atom is 0.0236 e. The number of benzene rings is 1. The van der Waals surface area contributed by atoms with Crippen LogP contribution in [0.4, 0.5) is 0 Å². The Morgan fingerprint density at radius 1 is 1.17 bits per heavy atom. The minimum Gasteiger partial charge on any atom is -0.330 e. The van der Waals surface area contributed by atoms with Crippen molar-refractivity contribution in [2.24, 2.45) is 5.73 Å². The van der Waals surface area contributed by atoms with Gasteiger partial charge in [0.25, 0.3) is 0 Å². The van der Waals surface area contributed by atoms with Gasteiger partial charge in [-0.3, -0.25) is 4.90 Å². The number of nitrogens with zero attached hydrogens (tertiary/aromatic N) is 1. The first-order valence-corrected chi connectivity index (χ1v) is 7.38. The van der Waals surface area contributed by atoms with Crippen LogP contribution in [0.1, 0.15) is 45.5 Å². The lowest BCUT2D eigenvalue weighted by Crippen LogP contribution is -2.34. The van der Waals surface area contributed by atoms with E-state index in [2.05, 4.69) is 35.2 Å². The van der Waals surface area contributed by atoms with Gasteiger partial charge in [-0.05, 0) is 44.3 Å². The molecule has 2 heteroatoms. The molecule has 0 saturated carbocycles. The second kappa shape index (κ2) is 7.55. The molecule has 0 spiro atoms. The summed E-state index contributed by atoms with van der Waals surface area (Å²) in [6.07, 6.45) is 7.92. The highest BCUT2D eigenvalue weighted by Gasteiger charge is 2.20. The lowest BCUT2D eigenvalue weighted by Gasteiger charge is -2.30. The minimum atomic E-state index is 0. The average molecular weight is 248 g/mol. The van der Waals surface area contributed by atoms with Crippen molar-refractivity contribution in [1.82, 2.24) is 4.90 Å². The van der Waals surface area contributed by atoms with Gasteiger partial charge in [0.05, 0.1) is 0 Å². The Balaban J connectivity index is 0.00000180. The third-order valence-electron chi connectivity index (χ3n) is 3.97. The van der Waals surface area contributed by atoms with Crippen molar-refractivity contribution in [3.63, 3.8) is 0 Å². The Morgan fingerprint density at radius 3 is 2.78 bits per heavy atom. The highest BCUT2D eigenvalue weighted by atomic mass is 15.2. The van der Waals surface area contributed by atoms with Crippen LogP contribution < -0.4 is 5.73 Å². The predicted molar refractivity (Wildman–Crippen MR) is 79.5 cm³/mol. The summed E-state index contributed by atoms with van der Waals surface area (Å²) >= 11 is 0. The van der Waals surface area contributed by atoms with Crippen LogP contribution in [-0.2, 0) is 6.54 Å². The second-order valence-corrected chi connectivity index (χ2v) is 5.39. The van der Waals surface area contributed by atoms with Crippen molar-refractivity contribution in [2.45, 2.75) is 51.1 Å². The maximum atomic E-state index is 5.66. The van der Waals surface area contributed by atoms with E-state index in [-0.39, 0.29) is 1.43 Å². The highest BCUT2D eigenvalue weighted by Crippen LogP contribution is 2.22. The number of hydrogen-bond donors (Lipinski definition) is 1. The fourth-order valence-corrected chi connectivity index (χ4v) is 2.94. The molecule has 0 radical (unpaired) electrons. The molecular formula is C16H28N2. The molecule has 0 bridgehead atoms. The van der Waals surface area contributed by atoms with E-state index >= 15 is 0 Å². The van der Waals surface area contributed by atoms with E-state index in [1.54, 1.807) is 0 Å². The molecular weight excluding hydrogens is 220 g/mol. The number of likely N-dealkylation sites (tertiary alicyclic amines) is 1. The summed E-state index contributed by atoms with van der Waals surface area (Å²) in [5.74, 6) is 0. The Labute approximate surface area is 113 Å². The van der Waals surface area contributed by atoms with Crippen LogP contribution in [0.15, 0.2) is 30.3 Å². The van der Waals surface area contributed by atoms with Crippen molar-refractivity contribution in [1.29, 1.82) is 0 Å². The zero-order chi connectivity index (χ0) is 12.6. The van der Waals surface area contributed by atoms with Crippen LogP contribution in [0, 0.1) is 0 Å². The summed E-state index contributed by atoms with van der Waals surface area (Å²) in [7, 11) is 0. The number of rotatable bonds is 5. The van der Waals surface area contributed by atoms with Gasteiger partial charge < -0.3 is 5.73 Å². The molecule has 1 saturated heterocycles. The smallest absolute Gasteiger partial charge is 0.0236 e. The fourth-order valence-electron chi connectivity index (χ4n) is 2.94. The SMILES string of the molecule is NCCC[C@H]1CCCCCN1Cc1ccccc1.[HH]. The van der Waals surface area contributed by atoms with Gasteiger partial charge in [-0.1, -0.05) is 43.2 Å². The van der Waals surface area contributed by atoms with E-state index < -0.39 is 0 Å². The molecule has 0 aliphatic carbocycles. The van der Waals surface area contributed by atoms with E-state index in [0.717, 1.165) is 25.6 Å². The molecule has 102 valence electrons. The van der Waals surface area contributed by atoms with Crippen LogP contribution >= 0.6 is 0 Å². The van der Waals surface area contributed by atoms with Crippen molar-refractivity contribution < 1.29 is 1.43 Å². The van der Waals surface area contributed by atoms with Crippen molar-refractivity contribution in [3.05, 3.63) is 35.9 Å². The Bertz CT molecular complexity index is 329. The van der Waals surface area contributed by atoms with E-state index in [4.69, 9.17) is 5.73 Å². The van der Waals surface area contributed by atoms with Crippen LogP contribution in [0.2, 0.25) is 0 Å². The van der Waals surface area contributed by atoms with E-state index in [1.165, 1.54) is 44.2 Å². The Hall–Kier alpha value is -0.860. The van der Waals surface area contributed by atoms with Gasteiger partial charge >= 0.3 is 0 Å². The zero-order valence-electron chi connectivity index (χ0n) is 11.4. The Kier molecular flexibility index (Phi) is 5.69. The molecule has 1 heterocycles. The number of nitrogens with two attached hydrogens (primary N) is 1. The van der Waals surface area contributed by atoms with Gasteiger partial charge in [-0.15, -0.1) is 0 Å². The highest BCUT2D eigenvalue weighted by molar-refractivity contribution is 5.14. The lowest BCUT2D eigenvalue weighted by atomic mass is 10.0. The van der Waals surface area contributed by atoms with E-state index in [9.17, 15) is 0 Å². The number of hydrogen-bond acceptors (Lipinski definition) is 2. The minimum absolute atomic E-state index is 0. The van der Waals surface area contributed by atoms with Gasteiger partial charge in [-0.25, -0.2) is 0 Å². The van der Waals surface area contributed by atoms with E-state index in [1.807, 2.05) is 0 Å². The molecule has 18 heavy (non-hydrogen) atoms. The summed E-state index contributed by atoms with van der Waals surface area (Å²) in [6, 6.07) is 11.6. The van der Waals surface area contributed by atoms with Crippen molar-refractivity contribution in [2.75, 3.05) is 13.1 Å². The molecule has 2 N–H and O–H groups in total. The summed E-state index contributed by atoms with van der Waals surface area (Å²) < 4.78 is 0. The fraction of sp³-hybridized carbons (Fsp3) is 0.625. The van der Waals surface area contributed by atoms with Crippen LogP contribution in [-0.4, -0.2) is 24.0 Å². The third kappa shape index (κ3) is 4.11. The van der Waals surface area contributed by atoms with E-state index in [0.29, 0.717) is 0 Å². The second-order valence-electron chi connectivity index (χ2n) is 5.39. The average Bonchev–Trinajstić information content (AvgIpc) is 2.63. The predicted octanol–water partition coefficient (Wildman–Crippen LogP) is 3.42. The van der Waals surface area contributed by atoms with Gasteiger partial charge in [0.2, 0.25) is 0 Å². The topological polar surface area (TPSA) is 29.3 Å². The van der Waals surface area contributed by atoms with Gasteiger partial charge in [0, 0.05) is 14.0 Å². The van der Waals surface area contributed by atoms with Crippen LogP contribution in [0.5, 0.6) is 0 Å². The monoisotopic (exact) mass is 248 g/mol. The zero-order valence-corrected chi connectivity index (χ0v) is 11.4. The molecule has 1 fully saturated rings. The molecule has 1 atom stereocenters. The first-order valence-electron chi connectivity index (χ1n) is 7.38. The first kappa shape index (κ1) is 13.6. The van der Waals surface area contributed by atoms with Crippen LogP contribution in [0.25, 0.3) is 0 Å². The van der Waals surface area contributed by atoms with Gasteiger partial charge in [0.1, 0.15) is 0 Å². The van der Waals surface area contributed by atoms with Gasteiger partial charge in [-0.2, -0.15) is 0 Å². The third-order valence-corrected chi connectivity index (χ3v) is 3.97. The summed E-state index contributed by atoms with van der Waals surface area (Å²) in [5, 5.41) is 0. The molecule has 1 aromatic carbocycles. The summed E-state index contributed by atoms with van der Waals surface area (Å²) in [4.78, 5) is 2.68. The normalized spacial score (nSPS) is 21.7. The molecule has 1 aromatic rings. The van der Waals surface area contributed by atoms with Crippen molar-refractivity contribution >= 4 is 0 Å². The largest absolute Gasteiger partial charge is 0.330 e. The molecule has 0 unspecified atom stereocenters. The molecule has 1 aliphatic heterocycles. The van der Waals surface area contributed by atoms with Crippen LogP contribution in [0.3, 0.4) is 0 Å². The first-order chi connectivity index (χ1) is 8.90. The standard InChI is InChI=1S/C16H26N2.H2/c17-12-7-11-16-10-5-2-6-13-18(16)14-15-8-3-1-4-9-15;/h1,3-4,8-9,16H,2,5-7,10-14,17H2;1H/t16-;/m1./s1. The van der Waals surface area contributed by atoms with Crippen molar-refractivity contribution in [3.8, 4) is 0 Å². The molecule has 2 nitrogen and oxygen atoms in total. The summed E-state index contributed by atoms with van der Waals surface area (Å²) in [5.41, 5.74) is 7.11. The maximum absolute atomic E-state index is 5.66. The quantitative estimate of drug-likeness (QED) is 0.865. The summed E-state index contributed by atoms with van der Waals surface area (Å²) in [6.45, 7) is 3.19. The molecule has 1 aliphatic rings. The Morgan fingerprint density at radius 2 is 2.00 bits per heavy atom. The molecule has 0 amide bonds.